The molecule has 29 heavy (non-hydrogen) atoms. The van der Waals surface area contributed by atoms with Gasteiger partial charge in [0.25, 0.3) is 5.91 Å². The van der Waals surface area contributed by atoms with Gasteiger partial charge in [0.2, 0.25) is 5.91 Å². The van der Waals surface area contributed by atoms with E-state index in [2.05, 4.69) is 26.1 Å². The van der Waals surface area contributed by atoms with E-state index >= 15 is 0 Å². The maximum atomic E-state index is 12.8. The van der Waals surface area contributed by atoms with Gasteiger partial charge in [-0.1, -0.05) is 32.9 Å². The molecule has 1 heterocycles. The summed E-state index contributed by atoms with van der Waals surface area (Å²) in [6.07, 6.45) is 0. The Bertz CT molecular complexity index is 924. The summed E-state index contributed by atoms with van der Waals surface area (Å²) < 4.78 is 5.93. The number of amides is 2. The van der Waals surface area contributed by atoms with Gasteiger partial charge < -0.3 is 15.0 Å². The number of hydrogen-bond acceptors (Lipinski definition) is 3. The standard InChI is InChI=1S/C24H30N2O3/c1-7-26-19-13-12-18(14-20(19)29-15-24(5,6)22(26)28)25-21(27)16-8-10-17(11-9-16)23(2,3)4/h8-14H,7,15H2,1-6H3,(H,25,27). The predicted octanol–water partition coefficient (Wildman–Crippen LogP) is 5.01. The third kappa shape index (κ3) is 4.29. The number of nitrogens with one attached hydrogen (secondary N) is 1. The van der Waals surface area contributed by atoms with E-state index in [1.165, 1.54) is 5.56 Å². The van der Waals surface area contributed by atoms with Gasteiger partial charge in [0.15, 0.2) is 0 Å². The van der Waals surface area contributed by atoms with Crippen LogP contribution in [-0.2, 0) is 10.2 Å². The van der Waals surface area contributed by atoms with E-state index in [1.807, 2.05) is 51.1 Å². The molecule has 154 valence electrons. The topological polar surface area (TPSA) is 58.6 Å². The van der Waals surface area contributed by atoms with Crippen molar-refractivity contribution in [2.75, 3.05) is 23.4 Å². The molecule has 1 aliphatic heterocycles. The number of rotatable bonds is 3. The lowest BCUT2D eigenvalue weighted by Crippen LogP contribution is -2.42. The smallest absolute Gasteiger partial charge is 0.255 e. The number of nitrogens with zero attached hydrogens (tertiary/aromatic N) is 1. The highest BCUT2D eigenvalue weighted by atomic mass is 16.5. The SMILES string of the molecule is CCN1C(=O)C(C)(C)COc2cc(NC(=O)c3ccc(C(C)(C)C)cc3)ccc21. The van der Waals surface area contributed by atoms with E-state index in [-0.39, 0.29) is 17.2 Å². The molecule has 0 aliphatic carbocycles. The van der Waals surface area contributed by atoms with Crippen molar-refractivity contribution in [3.63, 3.8) is 0 Å². The van der Waals surface area contributed by atoms with Crippen LogP contribution in [0, 0.1) is 5.41 Å². The number of anilines is 2. The minimum atomic E-state index is -0.604. The maximum Gasteiger partial charge on any atom is 0.255 e. The van der Waals surface area contributed by atoms with Gasteiger partial charge in [0.05, 0.1) is 11.1 Å². The van der Waals surface area contributed by atoms with Crippen molar-refractivity contribution in [1.29, 1.82) is 0 Å². The van der Waals surface area contributed by atoms with Crippen LogP contribution in [0.15, 0.2) is 42.5 Å². The highest BCUT2D eigenvalue weighted by molar-refractivity contribution is 6.05. The fourth-order valence-electron chi connectivity index (χ4n) is 3.36. The third-order valence-electron chi connectivity index (χ3n) is 5.25. The van der Waals surface area contributed by atoms with Crippen molar-refractivity contribution in [3.8, 4) is 5.75 Å². The zero-order chi connectivity index (χ0) is 21.4. The fraction of sp³-hybridized carbons (Fsp3) is 0.417. The van der Waals surface area contributed by atoms with Crippen LogP contribution in [-0.4, -0.2) is 25.0 Å². The van der Waals surface area contributed by atoms with Crippen molar-refractivity contribution in [2.45, 2.75) is 47.0 Å². The number of benzene rings is 2. The third-order valence-corrected chi connectivity index (χ3v) is 5.25. The number of carbonyl (C=O) groups is 2. The molecule has 0 unspecified atom stereocenters. The van der Waals surface area contributed by atoms with Gasteiger partial charge in [-0.05, 0) is 56.0 Å². The summed E-state index contributed by atoms with van der Waals surface area (Å²) >= 11 is 0. The van der Waals surface area contributed by atoms with Crippen LogP contribution in [0.2, 0.25) is 0 Å². The van der Waals surface area contributed by atoms with Gasteiger partial charge in [-0.3, -0.25) is 9.59 Å². The molecule has 1 aliphatic rings. The van der Waals surface area contributed by atoms with Gasteiger partial charge in [-0.25, -0.2) is 0 Å². The second-order valence-electron chi connectivity index (χ2n) is 9.19. The molecule has 5 heteroatoms. The van der Waals surface area contributed by atoms with E-state index in [9.17, 15) is 9.59 Å². The van der Waals surface area contributed by atoms with Crippen LogP contribution >= 0.6 is 0 Å². The number of ether oxygens (including phenoxy) is 1. The normalized spacial score (nSPS) is 15.9. The van der Waals surface area contributed by atoms with Crippen molar-refractivity contribution >= 4 is 23.2 Å². The summed E-state index contributed by atoms with van der Waals surface area (Å²) in [5.74, 6) is 0.462. The quantitative estimate of drug-likeness (QED) is 0.796. The van der Waals surface area contributed by atoms with E-state index in [1.54, 1.807) is 17.0 Å². The molecule has 0 saturated heterocycles. The number of hydrogen-bond donors (Lipinski definition) is 1. The highest BCUT2D eigenvalue weighted by Crippen LogP contribution is 2.38. The van der Waals surface area contributed by atoms with Crippen molar-refractivity contribution < 1.29 is 14.3 Å². The van der Waals surface area contributed by atoms with E-state index in [0.717, 1.165) is 5.69 Å². The highest BCUT2D eigenvalue weighted by Gasteiger charge is 2.37. The molecule has 0 atom stereocenters. The molecule has 5 nitrogen and oxygen atoms in total. The largest absolute Gasteiger partial charge is 0.490 e. The Morgan fingerprint density at radius 1 is 1.14 bits per heavy atom. The second kappa shape index (κ2) is 7.54. The van der Waals surface area contributed by atoms with Crippen LogP contribution in [0.25, 0.3) is 0 Å². The van der Waals surface area contributed by atoms with Crippen molar-refractivity contribution in [1.82, 2.24) is 0 Å². The number of fused-ring (bicyclic) bond motifs is 1. The minimum absolute atomic E-state index is 0.0365. The van der Waals surface area contributed by atoms with Gasteiger partial charge in [-0.2, -0.15) is 0 Å². The zero-order valence-electron chi connectivity index (χ0n) is 18.1. The molecular weight excluding hydrogens is 364 g/mol. The van der Waals surface area contributed by atoms with Crippen LogP contribution in [0.4, 0.5) is 11.4 Å². The summed E-state index contributed by atoms with van der Waals surface area (Å²) in [7, 11) is 0. The van der Waals surface area contributed by atoms with E-state index in [0.29, 0.717) is 30.2 Å². The molecule has 2 aromatic carbocycles. The average molecular weight is 395 g/mol. The summed E-state index contributed by atoms with van der Waals surface area (Å²) in [6, 6.07) is 13.1. The monoisotopic (exact) mass is 394 g/mol. The zero-order valence-corrected chi connectivity index (χ0v) is 18.1. The lowest BCUT2D eigenvalue weighted by atomic mass is 9.87. The van der Waals surface area contributed by atoms with Gasteiger partial charge >= 0.3 is 0 Å². The summed E-state index contributed by atoms with van der Waals surface area (Å²) in [5.41, 5.74) is 2.58. The molecule has 2 aromatic rings. The molecule has 0 spiro atoms. The van der Waals surface area contributed by atoms with Crippen LogP contribution < -0.4 is 15.0 Å². The Hall–Kier alpha value is -2.82. The van der Waals surface area contributed by atoms with Crippen LogP contribution in [0.5, 0.6) is 5.75 Å². The summed E-state index contributed by atoms with van der Waals surface area (Å²) in [5, 5.41) is 2.93. The Balaban J connectivity index is 1.82. The minimum Gasteiger partial charge on any atom is -0.490 e. The lowest BCUT2D eigenvalue weighted by molar-refractivity contribution is -0.127. The first-order valence-corrected chi connectivity index (χ1v) is 10.0. The van der Waals surface area contributed by atoms with Gasteiger partial charge in [0.1, 0.15) is 12.4 Å². The molecule has 0 saturated carbocycles. The van der Waals surface area contributed by atoms with Gasteiger partial charge in [0, 0.05) is 23.9 Å². The molecule has 3 rings (SSSR count). The van der Waals surface area contributed by atoms with E-state index < -0.39 is 5.41 Å². The second-order valence-corrected chi connectivity index (χ2v) is 9.19. The first-order chi connectivity index (χ1) is 13.5. The lowest BCUT2D eigenvalue weighted by Gasteiger charge is -2.26. The summed E-state index contributed by atoms with van der Waals surface area (Å²) in [6.45, 7) is 13.0. The fourth-order valence-corrected chi connectivity index (χ4v) is 3.36. The Kier molecular flexibility index (Phi) is 5.44. The van der Waals surface area contributed by atoms with Crippen LogP contribution in [0.3, 0.4) is 0 Å². The molecule has 1 N–H and O–H groups in total. The van der Waals surface area contributed by atoms with E-state index in [4.69, 9.17) is 4.74 Å². The predicted molar refractivity (Wildman–Crippen MR) is 117 cm³/mol. The molecular formula is C24H30N2O3. The first-order valence-electron chi connectivity index (χ1n) is 10.0. The molecule has 0 bridgehead atoms. The van der Waals surface area contributed by atoms with Crippen molar-refractivity contribution in [2.24, 2.45) is 5.41 Å². The number of carbonyl (C=O) groups excluding carboxylic acids is 2. The summed E-state index contributed by atoms with van der Waals surface area (Å²) in [4.78, 5) is 27.2. The average Bonchev–Trinajstić information content (AvgIpc) is 2.76. The first kappa shape index (κ1) is 20.9. The van der Waals surface area contributed by atoms with Crippen molar-refractivity contribution in [3.05, 3.63) is 53.6 Å². The maximum absolute atomic E-state index is 12.8. The Morgan fingerprint density at radius 2 is 1.79 bits per heavy atom. The molecule has 0 fully saturated rings. The molecule has 0 radical (unpaired) electrons. The Morgan fingerprint density at radius 3 is 2.38 bits per heavy atom. The molecule has 2 amide bonds. The Labute approximate surface area is 173 Å². The van der Waals surface area contributed by atoms with Crippen LogP contribution in [0.1, 0.15) is 57.5 Å². The molecule has 0 aromatic heterocycles. The van der Waals surface area contributed by atoms with Gasteiger partial charge in [-0.15, -0.1) is 0 Å².